The molecule has 17 heavy (non-hydrogen) atoms. The van der Waals surface area contributed by atoms with Crippen molar-refractivity contribution in [1.82, 2.24) is 4.90 Å². The van der Waals surface area contributed by atoms with E-state index in [0.29, 0.717) is 12.5 Å². The summed E-state index contributed by atoms with van der Waals surface area (Å²) in [6.45, 7) is 7.25. The highest BCUT2D eigenvalue weighted by molar-refractivity contribution is 5.81. The van der Waals surface area contributed by atoms with Gasteiger partial charge in [0, 0.05) is 25.2 Å². The van der Waals surface area contributed by atoms with Crippen LogP contribution in [0.2, 0.25) is 0 Å². The van der Waals surface area contributed by atoms with E-state index in [1.54, 1.807) is 0 Å². The first-order valence-corrected chi connectivity index (χ1v) is 6.44. The van der Waals surface area contributed by atoms with Gasteiger partial charge in [-0.2, -0.15) is 0 Å². The third-order valence-corrected chi connectivity index (χ3v) is 3.19. The van der Waals surface area contributed by atoms with Crippen LogP contribution in [0.4, 0.5) is 0 Å². The van der Waals surface area contributed by atoms with Gasteiger partial charge in [0.05, 0.1) is 6.61 Å². The van der Waals surface area contributed by atoms with Gasteiger partial charge in [-0.25, -0.2) is 4.79 Å². The van der Waals surface area contributed by atoms with E-state index < -0.39 is 0 Å². The maximum Gasteiger partial charge on any atom is 0.330 e. The monoisotopic (exact) mass is 240 g/mol. The smallest absolute Gasteiger partial charge is 0.330 e. The van der Waals surface area contributed by atoms with Crippen molar-refractivity contribution in [2.45, 2.75) is 32.7 Å². The van der Waals surface area contributed by atoms with Crippen molar-refractivity contribution in [2.75, 3.05) is 26.2 Å². The first-order valence-electron chi connectivity index (χ1n) is 6.44. The van der Waals surface area contributed by atoms with Gasteiger partial charge in [0.1, 0.15) is 0 Å². The van der Waals surface area contributed by atoms with E-state index in [-0.39, 0.29) is 12.0 Å². The van der Waals surface area contributed by atoms with E-state index in [0.717, 1.165) is 19.6 Å². The average Bonchev–Trinajstić information content (AvgIpc) is 2.30. The summed E-state index contributed by atoms with van der Waals surface area (Å²) in [4.78, 5) is 13.5. The molecular weight excluding hydrogens is 216 g/mol. The fourth-order valence-electron chi connectivity index (χ4n) is 2.17. The van der Waals surface area contributed by atoms with E-state index in [9.17, 15) is 4.79 Å². The zero-order chi connectivity index (χ0) is 12.7. The number of piperidine rings is 1. The maximum absolute atomic E-state index is 11.1. The highest BCUT2D eigenvalue weighted by Crippen LogP contribution is 2.18. The Morgan fingerprint density at radius 1 is 1.65 bits per heavy atom. The summed E-state index contributed by atoms with van der Waals surface area (Å²) in [6, 6.07) is 0.256. The second kappa shape index (κ2) is 7.45. The molecule has 0 bridgehead atoms. The summed E-state index contributed by atoms with van der Waals surface area (Å²) in [5.41, 5.74) is 5.93. The first kappa shape index (κ1) is 14.2. The van der Waals surface area contributed by atoms with Crippen LogP contribution in [0.3, 0.4) is 0 Å². The van der Waals surface area contributed by atoms with Crippen molar-refractivity contribution >= 4 is 5.97 Å². The standard InChI is InChI=1S/C13H24N2O2/c1-3-17-13(16)7-5-9-15-8-4-6-12(10-15)11(2)14/h5,7,11-12H,3-4,6,8-10,14H2,1-2H3/b7-5+. The number of hydrogen-bond donors (Lipinski definition) is 1. The third kappa shape index (κ3) is 5.33. The number of ether oxygens (including phenoxy) is 1. The minimum atomic E-state index is -0.256. The molecule has 4 nitrogen and oxygen atoms in total. The summed E-state index contributed by atoms with van der Waals surface area (Å²) in [5.74, 6) is 0.327. The molecule has 1 rings (SSSR count). The Labute approximate surface area is 104 Å². The third-order valence-electron chi connectivity index (χ3n) is 3.19. The van der Waals surface area contributed by atoms with Crippen LogP contribution in [0.25, 0.3) is 0 Å². The van der Waals surface area contributed by atoms with Gasteiger partial charge in [-0.15, -0.1) is 0 Å². The van der Waals surface area contributed by atoms with Gasteiger partial charge in [-0.3, -0.25) is 4.90 Å². The number of nitrogens with zero attached hydrogens (tertiary/aromatic N) is 1. The molecule has 1 aliphatic heterocycles. The van der Waals surface area contributed by atoms with Crippen LogP contribution in [0.15, 0.2) is 12.2 Å². The van der Waals surface area contributed by atoms with Crippen LogP contribution in [-0.4, -0.2) is 43.2 Å². The predicted octanol–water partition coefficient (Wildman–Crippen LogP) is 1.16. The number of rotatable bonds is 5. The van der Waals surface area contributed by atoms with Gasteiger partial charge >= 0.3 is 5.97 Å². The van der Waals surface area contributed by atoms with Gasteiger partial charge < -0.3 is 10.5 Å². The van der Waals surface area contributed by atoms with E-state index >= 15 is 0 Å². The van der Waals surface area contributed by atoms with Crippen LogP contribution >= 0.6 is 0 Å². The van der Waals surface area contributed by atoms with E-state index in [4.69, 9.17) is 10.5 Å². The van der Waals surface area contributed by atoms with Gasteiger partial charge in [0.2, 0.25) is 0 Å². The van der Waals surface area contributed by atoms with E-state index in [1.807, 2.05) is 13.0 Å². The van der Waals surface area contributed by atoms with Gasteiger partial charge in [0.25, 0.3) is 0 Å². The van der Waals surface area contributed by atoms with Crippen molar-refractivity contribution in [3.05, 3.63) is 12.2 Å². The molecule has 0 amide bonds. The van der Waals surface area contributed by atoms with Crippen molar-refractivity contribution < 1.29 is 9.53 Å². The van der Waals surface area contributed by atoms with Gasteiger partial charge in [-0.05, 0) is 39.2 Å². The Balaban J connectivity index is 2.29. The van der Waals surface area contributed by atoms with Crippen LogP contribution in [0.1, 0.15) is 26.7 Å². The fraction of sp³-hybridized carbons (Fsp3) is 0.769. The fourth-order valence-corrected chi connectivity index (χ4v) is 2.17. The van der Waals surface area contributed by atoms with Crippen LogP contribution in [0, 0.1) is 5.92 Å². The zero-order valence-corrected chi connectivity index (χ0v) is 10.9. The van der Waals surface area contributed by atoms with E-state index in [2.05, 4.69) is 11.8 Å². The molecule has 1 fully saturated rings. The molecule has 0 aromatic carbocycles. The Morgan fingerprint density at radius 3 is 3.06 bits per heavy atom. The Hall–Kier alpha value is -0.870. The van der Waals surface area contributed by atoms with E-state index in [1.165, 1.54) is 18.9 Å². The lowest BCUT2D eigenvalue weighted by atomic mass is 9.92. The second-order valence-electron chi connectivity index (χ2n) is 4.68. The number of likely N-dealkylation sites (tertiary alicyclic amines) is 1. The minimum absolute atomic E-state index is 0.256. The number of carbonyl (C=O) groups is 1. The summed E-state index contributed by atoms with van der Waals surface area (Å²) in [7, 11) is 0. The number of carbonyl (C=O) groups excluding carboxylic acids is 1. The predicted molar refractivity (Wildman–Crippen MR) is 68.6 cm³/mol. The lowest BCUT2D eigenvalue weighted by Crippen LogP contribution is -2.42. The van der Waals surface area contributed by atoms with Crippen LogP contribution < -0.4 is 5.73 Å². The Bertz CT molecular complexity index is 264. The normalized spacial score (nSPS) is 23.8. The highest BCUT2D eigenvalue weighted by Gasteiger charge is 2.21. The Morgan fingerprint density at radius 2 is 2.41 bits per heavy atom. The zero-order valence-electron chi connectivity index (χ0n) is 10.9. The van der Waals surface area contributed by atoms with Crippen molar-refractivity contribution in [3.63, 3.8) is 0 Å². The molecule has 2 atom stereocenters. The number of esters is 1. The Kier molecular flexibility index (Phi) is 6.22. The highest BCUT2D eigenvalue weighted by atomic mass is 16.5. The molecule has 1 heterocycles. The number of nitrogens with two attached hydrogens (primary N) is 1. The molecule has 0 aliphatic carbocycles. The quantitative estimate of drug-likeness (QED) is 0.579. The largest absolute Gasteiger partial charge is 0.463 e. The molecule has 4 heteroatoms. The average molecular weight is 240 g/mol. The summed E-state index contributed by atoms with van der Waals surface area (Å²) in [6.07, 6.45) is 5.80. The SMILES string of the molecule is CCOC(=O)/C=C/CN1CCCC(C(C)N)C1. The lowest BCUT2D eigenvalue weighted by molar-refractivity contribution is -0.137. The first-order chi connectivity index (χ1) is 8.13. The van der Waals surface area contributed by atoms with Crippen molar-refractivity contribution in [1.29, 1.82) is 0 Å². The molecule has 2 unspecified atom stereocenters. The summed E-state index contributed by atoms with van der Waals surface area (Å²) < 4.78 is 4.83. The lowest BCUT2D eigenvalue weighted by Gasteiger charge is -2.33. The van der Waals surface area contributed by atoms with Crippen molar-refractivity contribution in [3.8, 4) is 0 Å². The topological polar surface area (TPSA) is 55.6 Å². The second-order valence-corrected chi connectivity index (χ2v) is 4.68. The molecule has 0 aromatic rings. The van der Waals surface area contributed by atoms with Crippen molar-refractivity contribution in [2.24, 2.45) is 11.7 Å². The van der Waals surface area contributed by atoms with Gasteiger partial charge in [0.15, 0.2) is 0 Å². The molecule has 0 spiro atoms. The summed E-state index contributed by atoms with van der Waals surface area (Å²) >= 11 is 0. The molecular formula is C13H24N2O2. The minimum Gasteiger partial charge on any atom is -0.463 e. The molecule has 98 valence electrons. The van der Waals surface area contributed by atoms with Crippen LogP contribution in [-0.2, 0) is 9.53 Å². The van der Waals surface area contributed by atoms with Crippen LogP contribution in [0.5, 0.6) is 0 Å². The summed E-state index contributed by atoms with van der Waals surface area (Å²) in [5, 5.41) is 0. The number of hydrogen-bond acceptors (Lipinski definition) is 4. The molecule has 2 N–H and O–H groups in total. The maximum atomic E-state index is 11.1. The molecule has 1 saturated heterocycles. The van der Waals surface area contributed by atoms with Gasteiger partial charge in [-0.1, -0.05) is 6.08 Å². The molecule has 1 aliphatic rings. The molecule has 0 aromatic heterocycles. The molecule has 0 saturated carbocycles. The molecule has 0 radical (unpaired) electrons.